The van der Waals surface area contributed by atoms with E-state index in [4.69, 9.17) is 0 Å². The van der Waals surface area contributed by atoms with Crippen molar-refractivity contribution in [2.24, 2.45) is 0 Å². The van der Waals surface area contributed by atoms with Gasteiger partial charge in [0.2, 0.25) is 10.0 Å². The number of hydrogen-bond acceptors (Lipinski definition) is 8. The molecule has 1 fully saturated rings. The summed E-state index contributed by atoms with van der Waals surface area (Å²) >= 11 is 0. The van der Waals surface area contributed by atoms with Crippen LogP contribution in [0.5, 0.6) is 0 Å². The lowest BCUT2D eigenvalue weighted by molar-refractivity contribution is 0.0600. The Morgan fingerprint density at radius 3 is 2.90 bits per heavy atom. The van der Waals surface area contributed by atoms with Crippen LogP contribution in [0.2, 0.25) is 0 Å². The lowest BCUT2D eigenvalue weighted by Crippen LogP contribution is -2.41. The minimum atomic E-state index is -3.56. The van der Waals surface area contributed by atoms with Crippen molar-refractivity contribution in [3.8, 4) is 0 Å². The maximum Gasteiger partial charge on any atom is 0.337 e. The van der Waals surface area contributed by atoms with Gasteiger partial charge in [0.25, 0.3) is 0 Å². The average Bonchev–Trinajstić information content (AvgIpc) is 3.20. The first-order valence-corrected chi connectivity index (χ1v) is 11.0. The smallest absolute Gasteiger partial charge is 0.337 e. The number of aromatic nitrogens is 2. The molecule has 0 radical (unpaired) electrons. The van der Waals surface area contributed by atoms with Gasteiger partial charge in [0.1, 0.15) is 18.0 Å². The number of esters is 1. The van der Waals surface area contributed by atoms with Gasteiger partial charge in [-0.25, -0.2) is 27.9 Å². The lowest BCUT2D eigenvalue weighted by Gasteiger charge is -2.26. The molecule has 1 aromatic carbocycles. The molecule has 9 nitrogen and oxygen atoms in total. The highest BCUT2D eigenvalue weighted by molar-refractivity contribution is 7.88. The third-order valence-corrected chi connectivity index (χ3v) is 6.14. The van der Waals surface area contributed by atoms with E-state index in [1.54, 1.807) is 25.2 Å². The molecule has 1 unspecified atom stereocenters. The van der Waals surface area contributed by atoms with Crippen LogP contribution in [0.25, 0.3) is 0 Å². The highest BCUT2D eigenvalue weighted by atomic mass is 32.2. The molecule has 0 saturated carbocycles. The van der Waals surface area contributed by atoms with Crippen molar-refractivity contribution in [1.82, 2.24) is 14.7 Å². The molecular formula is C19H25N5O4S. The molecule has 0 aliphatic carbocycles. The van der Waals surface area contributed by atoms with Gasteiger partial charge in [0, 0.05) is 32.2 Å². The Kier molecular flexibility index (Phi) is 6.65. The van der Waals surface area contributed by atoms with Crippen LogP contribution in [0.3, 0.4) is 0 Å². The number of hydrogen-bond donors (Lipinski definition) is 2. The van der Waals surface area contributed by atoms with Crippen LogP contribution in [-0.2, 0) is 20.5 Å². The second-order valence-corrected chi connectivity index (χ2v) is 8.61. The number of rotatable bonds is 8. The average molecular weight is 420 g/mol. The summed E-state index contributed by atoms with van der Waals surface area (Å²) in [6, 6.07) is 8.31. The maximum atomic E-state index is 12.6. The Morgan fingerprint density at radius 2 is 2.14 bits per heavy atom. The van der Waals surface area contributed by atoms with Crippen LogP contribution in [0.1, 0.15) is 28.8 Å². The van der Waals surface area contributed by atoms with Crippen LogP contribution in [-0.4, -0.2) is 57.6 Å². The lowest BCUT2D eigenvalue weighted by atomic mass is 10.1. The van der Waals surface area contributed by atoms with Gasteiger partial charge in [-0.05, 0) is 30.5 Å². The van der Waals surface area contributed by atoms with Crippen molar-refractivity contribution in [2.75, 3.05) is 37.5 Å². The zero-order valence-electron chi connectivity index (χ0n) is 16.5. The first kappa shape index (κ1) is 21.0. The Labute approximate surface area is 170 Å². The molecule has 2 aromatic rings. The Hall–Kier alpha value is -2.72. The van der Waals surface area contributed by atoms with Crippen molar-refractivity contribution < 1.29 is 17.9 Å². The fourth-order valence-electron chi connectivity index (χ4n) is 3.39. The van der Waals surface area contributed by atoms with Gasteiger partial charge in [-0.3, -0.25) is 0 Å². The molecule has 3 rings (SSSR count). The highest BCUT2D eigenvalue weighted by Crippen LogP contribution is 2.24. The number of ether oxygens (including phenoxy) is 1. The fraction of sp³-hybridized carbons (Fsp3) is 0.421. The summed E-state index contributed by atoms with van der Waals surface area (Å²) in [6.07, 6.45) is 3.33. The zero-order chi connectivity index (χ0) is 20.9. The SMILES string of the molecule is CNc1cc(N2CCCC2CNS(=O)(=O)Cc2cccc(C(=O)OC)c2)ncn1. The van der Waals surface area contributed by atoms with Crippen molar-refractivity contribution in [1.29, 1.82) is 0 Å². The normalized spacial score (nSPS) is 16.6. The van der Waals surface area contributed by atoms with Gasteiger partial charge in [-0.1, -0.05) is 12.1 Å². The Bertz CT molecular complexity index is 967. The summed E-state index contributed by atoms with van der Waals surface area (Å²) in [5, 5.41) is 2.98. The number of anilines is 2. The molecule has 0 spiro atoms. The van der Waals surface area contributed by atoms with Crippen LogP contribution >= 0.6 is 0 Å². The second-order valence-electron chi connectivity index (χ2n) is 6.80. The molecule has 29 heavy (non-hydrogen) atoms. The van der Waals surface area contributed by atoms with Crippen molar-refractivity contribution in [2.45, 2.75) is 24.6 Å². The summed E-state index contributed by atoms with van der Waals surface area (Å²) in [7, 11) is -0.485. The van der Waals surface area contributed by atoms with Gasteiger partial charge >= 0.3 is 5.97 Å². The summed E-state index contributed by atoms with van der Waals surface area (Å²) in [6.45, 7) is 1.10. The molecule has 2 N–H and O–H groups in total. The highest BCUT2D eigenvalue weighted by Gasteiger charge is 2.27. The van der Waals surface area contributed by atoms with E-state index in [0.29, 0.717) is 16.9 Å². The molecule has 1 aromatic heterocycles. The molecular weight excluding hydrogens is 394 g/mol. The zero-order valence-corrected chi connectivity index (χ0v) is 17.3. The molecule has 0 amide bonds. The van der Waals surface area contributed by atoms with Gasteiger partial charge in [0.05, 0.1) is 18.4 Å². The molecule has 156 valence electrons. The van der Waals surface area contributed by atoms with E-state index in [1.165, 1.54) is 19.5 Å². The quantitative estimate of drug-likeness (QED) is 0.617. The van der Waals surface area contributed by atoms with Crippen LogP contribution < -0.4 is 14.9 Å². The minimum absolute atomic E-state index is 0.0192. The van der Waals surface area contributed by atoms with Crippen molar-refractivity contribution >= 4 is 27.6 Å². The molecule has 1 aliphatic heterocycles. The summed E-state index contributed by atoms with van der Waals surface area (Å²) < 4.78 is 32.5. The molecule has 1 saturated heterocycles. The summed E-state index contributed by atoms with van der Waals surface area (Å²) in [4.78, 5) is 22.2. The standard InChI is InChI=1S/C19H25N5O4S/c1-20-17-10-18(22-13-21-17)24-8-4-7-16(24)11-23-29(26,27)12-14-5-3-6-15(9-14)19(25)28-2/h3,5-6,9-10,13,16,23H,4,7-8,11-12H2,1-2H3,(H,20,21,22). The Morgan fingerprint density at radius 1 is 1.31 bits per heavy atom. The largest absolute Gasteiger partial charge is 0.465 e. The predicted octanol–water partition coefficient (Wildman–Crippen LogP) is 1.39. The number of methoxy groups -OCH3 is 1. The fourth-order valence-corrected chi connectivity index (χ4v) is 4.56. The van der Waals surface area contributed by atoms with Crippen LogP contribution in [0.4, 0.5) is 11.6 Å². The third-order valence-electron chi connectivity index (χ3n) is 4.82. The van der Waals surface area contributed by atoms with Gasteiger partial charge in [0.15, 0.2) is 0 Å². The number of carbonyl (C=O) groups excluding carboxylic acids is 1. The van der Waals surface area contributed by atoms with Gasteiger partial charge in [-0.15, -0.1) is 0 Å². The van der Waals surface area contributed by atoms with E-state index in [-0.39, 0.29) is 18.3 Å². The van der Waals surface area contributed by atoms with E-state index in [2.05, 4.69) is 29.6 Å². The molecule has 1 aliphatic rings. The minimum Gasteiger partial charge on any atom is -0.465 e. The number of sulfonamides is 1. The number of carbonyl (C=O) groups is 1. The molecule has 1 atom stereocenters. The summed E-state index contributed by atoms with van der Waals surface area (Å²) in [5.41, 5.74) is 0.851. The molecule has 0 bridgehead atoms. The monoisotopic (exact) mass is 419 g/mol. The van der Waals surface area contributed by atoms with Crippen LogP contribution in [0, 0.1) is 0 Å². The third kappa shape index (κ3) is 5.42. The number of benzene rings is 1. The topological polar surface area (TPSA) is 114 Å². The maximum absolute atomic E-state index is 12.6. The van der Waals surface area contributed by atoms with E-state index in [0.717, 1.165) is 25.2 Å². The predicted molar refractivity (Wildman–Crippen MR) is 110 cm³/mol. The van der Waals surface area contributed by atoms with Crippen LogP contribution in [0.15, 0.2) is 36.7 Å². The second kappa shape index (κ2) is 9.19. The molecule has 10 heteroatoms. The van der Waals surface area contributed by atoms with Gasteiger partial charge in [-0.2, -0.15) is 0 Å². The van der Waals surface area contributed by atoms with E-state index in [9.17, 15) is 13.2 Å². The van der Waals surface area contributed by atoms with E-state index < -0.39 is 16.0 Å². The number of nitrogens with one attached hydrogen (secondary N) is 2. The summed E-state index contributed by atoms with van der Waals surface area (Å²) in [5.74, 6) is 0.787. The van der Waals surface area contributed by atoms with Crippen molar-refractivity contribution in [3.63, 3.8) is 0 Å². The van der Waals surface area contributed by atoms with Crippen molar-refractivity contribution in [3.05, 3.63) is 47.8 Å². The first-order valence-electron chi connectivity index (χ1n) is 9.33. The first-order chi connectivity index (χ1) is 13.9. The molecule has 2 heterocycles. The Balaban J connectivity index is 1.64. The van der Waals surface area contributed by atoms with Gasteiger partial charge < -0.3 is 15.0 Å². The van der Waals surface area contributed by atoms with E-state index >= 15 is 0 Å². The number of nitrogens with zero attached hydrogens (tertiary/aromatic N) is 3. The van der Waals surface area contributed by atoms with E-state index in [1.807, 2.05) is 6.07 Å².